The van der Waals surface area contributed by atoms with Crippen molar-refractivity contribution >= 4 is 33.1 Å². The van der Waals surface area contributed by atoms with Crippen molar-refractivity contribution < 1.29 is 4.42 Å². The van der Waals surface area contributed by atoms with Gasteiger partial charge in [-0.1, -0.05) is 18.2 Å². The average molecular weight is 226 g/mol. The molecule has 0 aliphatic rings. The van der Waals surface area contributed by atoms with Gasteiger partial charge < -0.3 is 15.9 Å². The number of nitrogens with two attached hydrogens (primary N) is 2. The lowest BCUT2D eigenvalue weighted by Gasteiger charge is -2.06. The summed E-state index contributed by atoms with van der Waals surface area (Å²) < 4.78 is 5.22. The van der Waals surface area contributed by atoms with Crippen LogP contribution in [-0.4, -0.2) is 0 Å². The SMILES string of the molecule is Nc1cc(N)c2c(c1)oc(=O)c1ccccc12. The Kier molecular flexibility index (Phi) is 1.86. The van der Waals surface area contributed by atoms with Gasteiger partial charge in [0.2, 0.25) is 0 Å². The molecule has 3 rings (SSSR count). The van der Waals surface area contributed by atoms with Gasteiger partial charge in [0.25, 0.3) is 0 Å². The third-order valence-corrected chi connectivity index (χ3v) is 2.77. The molecule has 4 N–H and O–H groups in total. The maximum Gasteiger partial charge on any atom is 0.344 e. The minimum Gasteiger partial charge on any atom is -0.422 e. The highest BCUT2D eigenvalue weighted by molar-refractivity contribution is 6.10. The van der Waals surface area contributed by atoms with Crippen LogP contribution in [0, 0.1) is 0 Å². The maximum atomic E-state index is 11.8. The number of anilines is 2. The maximum absolute atomic E-state index is 11.8. The minimum atomic E-state index is -0.377. The third kappa shape index (κ3) is 1.34. The first kappa shape index (κ1) is 9.72. The number of nitrogen functional groups attached to an aromatic ring is 2. The molecule has 0 radical (unpaired) electrons. The van der Waals surface area contributed by atoms with Crippen molar-refractivity contribution in [1.82, 2.24) is 0 Å². The second kappa shape index (κ2) is 3.25. The van der Waals surface area contributed by atoms with E-state index in [1.807, 2.05) is 12.1 Å². The second-order valence-corrected chi connectivity index (χ2v) is 3.92. The molecule has 4 heteroatoms. The fourth-order valence-electron chi connectivity index (χ4n) is 2.06. The van der Waals surface area contributed by atoms with Crippen molar-refractivity contribution in [2.45, 2.75) is 0 Å². The topological polar surface area (TPSA) is 82.2 Å². The van der Waals surface area contributed by atoms with E-state index in [0.717, 1.165) is 10.8 Å². The van der Waals surface area contributed by atoms with Crippen LogP contribution < -0.4 is 17.1 Å². The predicted octanol–water partition coefficient (Wildman–Crippen LogP) is 2.11. The van der Waals surface area contributed by atoms with E-state index in [4.69, 9.17) is 15.9 Å². The fourth-order valence-corrected chi connectivity index (χ4v) is 2.06. The van der Waals surface area contributed by atoms with Crippen LogP contribution in [0.4, 0.5) is 11.4 Å². The summed E-state index contributed by atoms with van der Waals surface area (Å²) in [5.74, 6) is 0. The predicted molar refractivity (Wildman–Crippen MR) is 68.8 cm³/mol. The van der Waals surface area contributed by atoms with E-state index in [2.05, 4.69) is 0 Å². The molecule has 0 unspecified atom stereocenters. The molecule has 0 aliphatic heterocycles. The normalized spacial score (nSPS) is 11.1. The smallest absolute Gasteiger partial charge is 0.344 e. The number of fused-ring (bicyclic) bond motifs is 3. The van der Waals surface area contributed by atoms with Crippen molar-refractivity contribution in [2.75, 3.05) is 11.5 Å². The largest absolute Gasteiger partial charge is 0.422 e. The fraction of sp³-hybridized carbons (Fsp3) is 0. The molecular weight excluding hydrogens is 216 g/mol. The summed E-state index contributed by atoms with van der Waals surface area (Å²) in [6.07, 6.45) is 0. The van der Waals surface area contributed by atoms with Crippen molar-refractivity contribution in [3.63, 3.8) is 0 Å². The molecule has 1 heterocycles. The molecule has 4 nitrogen and oxygen atoms in total. The van der Waals surface area contributed by atoms with Crippen LogP contribution in [0.1, 0.15) is 0 Å². The molecule has 0 spiro atoms. The third-order valence-electron chi connectivity index (χ3n) is 2.77. The van der Waals surface area contributed by atoms with Gasteiger partial charge in [0.05, 0.1) is 5.39 Å². The number of benzene rings is 2. The van der Waals surface area contributed by atoms with Crippen molar-refractivity contribution in [2.24, 2.45) is 0 Å². The van der Waals surface area contributed by atoms with Crippen molar-refractivity contribution in [3.05, 3.63) is 46.8 Å². The standard InChI is InChI=1S/C13H10N2O2/c14-7-5-10(15)12-8-3-1-2-4-9(8)13(16)17-11(12)6-7/h1-6H,14-15H2. The van der Waals surface area contributed by atoms with Gasteiger partial charge in [0.15, 0.2) is 0 Å². The van der Waals surface area contributed by atoms with E-state index in [1.165, 1.54) is 0 Å². The zero-order valence-corrected chi connectivity index (χ0v) is 8.94. The molecule has 2 aromatic carbocycles. The molecule has 0 saturated carbocycles. The number of hydrogen-bond donors (Lipinski definition) is 2. The molecule has 17 heavy (non-hydrogen) atoms. The zero-order chi connectivity index (χ0) is 12.0. The summed E-state index contributed by atoms with van der Waals surface area (Å²) in [5.41, 5.74) is 12.6. The Bertz CT molecular complexity index is 790. The number of rotatable bonds is 0. The van der Waals surface area contributed by atoms with Gasteiger partial charge in [-0.15, -0.1) is 0 Å². The molecule has 0 saturated heterocycles. The Morgan fingerprint density at radius 3 is 2.47 bits per heavy atom. The molecule has 0 amide bonds. The summed E-state index contributed by atoms with van der Waals surface area (Å²) in [6.45, 7) is 0. The summed E-state index contributed by atoms with van der Waals surface area (Å²) in [6, 6.07) is 10.5. The first-order chi connectivity index (χ1) is 8.16. The highest BCUT2D eigenvalue weighted by Gasteiger charge is 2.09. The quantitative estimate of drug-likeness (QED) is 0.349. The zero-order valence-electron chi connectivity index (χ0n) is 8.94. The lowest BCUT2D eigenvalue weighted by atomic mass is 10.1. The highest BCUT2D eigenvalue weighted by Crippen LogP contribution is 2.29. The van der Waals surface area contributed by atoms with Crippen molar-refractivity contribution in [1.29, 1.82) is 0 Å². The van der Waals surface area contributed by atoms with Crippen LogP contribution in [0.25, 0.3) is 21.7 Å². The summed E-state index contributed by atoms with van der Waals surface area (Å²) in [7, 11) is 0. The Labute approximate surface area is 96.4 Å². The van der Waals surface area contributed by atoms with Crippen LogP contribution in [0.2, 0.25) is 0 Å². The van der Waals surface area contributed by atoms with Gasteiger partial charge in [-0.2, -0.15) is 0 Å². The molecule has 1 aromatic heterocycles. The lowest BCUT2D eigenvalue weighted by Crippen LogP contribution is -2.01. The van der Waals surface area contributed by atoms with Crippen molar-refractivity contribution in [3.8, 4) is 0 Å². The van der Waals surface area contributed by atoms with Gasteiger partial charge >= 0.3 is 5.63 Å². The molecule has 0 bridgehead atoms. The minimum absolute atomic E-state index is 0.377. The van der Waals surface area contributed by atoms with Gasteiger partial charge in [-0.3, -0.25) is 0 Å². The molecule has 0 aliphatic carbocycles. The molecule has 84 valence electrons. The van der Waals surface area contributed by atoms with E-state index >= 15 is 0 Å². The van der Waals surface area contributed by atoms with Gasteiger partial charge in [0, 0.05) is 28.2 Å². The van der Waals surface area contributed by atoms with Crippen LogP contribution in [0.15, 0.2) is 45.6 Å². The van der Waals surface area contributed by atoms with Gasteiger partial charge in [-0.05, 0) is 12.1 Å². The number of hydrogen-bond acceptors (Lipinski definition) is 4. The van der Waals surface area contributed by atoms with E-state index in [1.54, 1.807) is 24.3 Å². The van der Waals surface area contributed by atoms with E-state index in [-0.39, 0.29) is 5.63 Å². The summed E-state index contributed by atoms with van der Waals surface area (Å²) in [4.78, 5) is 11.8. The average Bonchev–Trinajstić information content (AvgIpc) is 2.28. The van der Waals surface area contributed by atoms with E-state index in [9.17, 15) is 4.79 Å². The highest BCUT2D eigenvalue weighted by atomic mass is 16.4. The van der Waals surface area contributed by atoms with Gasteiger partial charge in [0.1, 0.15) is 5.58 Å². The van der Waals surface area contributed by atoms with Crippen LogP contribution in [0.5, 0.6) is 0 Å². The summed E-state index contributed by atoms with van der Waals surface area (Å²) >= 11 is 0. The lowest BCUT2D eigenvalue weighted by molar-refractivity contribution is 0.570. The molecule has 3 aromatic rings. The Balaban J connectivity index is 2.69. The van der Waals surface area contributed by atoms with Crippen LogP contribution in [-0.2, 0) is 0 Å². The molecular formula is C13H10N2O2. The van der Waals surface area contributed by atoms with E-state index < -0.39 is 0 Å². The van der Waals surface area contributed by atoms with Crippen LogP contribution >= 0.6 is 0 Å². The second-order valence-electron chi connectivity index (χ2n) is 3.92. The monoisotopic (exact) mass is 226 g/mol. The molecule has 0 atom stereocenters. The van der Waals surface area contributed by atoms with Crippen LogP contribution in [0.3, 0.4) is 0 Å². The van der Waals surface area contributed by atoms with E-state index in [0.29, 0.717) is 22.3 Å². The Hall–Kier alpha value is -2.49. The Morgan fingerprint density at radius 2 is 1.71 bits per heavy atom. The molecule has 0 fully saturated rings. The first-order valence-electron chi connectivity index (χ1n) is 5.17. The Morgan fingerprint density at radius 1 is 1.00 bits per heavy atom. The van der Waals surface area contributed by atoms with Gasteiger partial charge in [-0.25, -0.2) is 4.79 Å². The summed E-state index contributed by atoms with van der Waals surface area (Å²) in [5, 5.41) is 2.04. The first-order valence-corrected chi connectivity index (χ1v) is 5.17.